The molecule has 0 aliphatic carbocycles. The van der Waals surface area contributed by atoms with E-state index in [0.717, 1.165) is 4.90 Å². The second kappa shape index (κ2) is 4.63. The molecule has 1 aromatic carbocycles. The zero-order valence-corrected chi connectivity index (χ0v) is 9.33. The smallest absolute Gasteiger partial charge is 0.162 e. The van der Waals surface area contributed by atoms with Gasteiger partial charge in [-0.2, -0.15) is 0 Å². The number of ether oxygens (including phenoxy) is 2. The molecule has 0 atom stereocenters. The zero-order valence-electron chi connectivity index (χ0n) is 7.76. The average molecular weight is 219 g/mol. The van der Waals surface area contributed by atoms with E-state index in [-0.39, 0.29) is 0 Å². The van der Waals surface area contributed by atoms with Crippen molar-refractivity contribution in [3.8, 4) is 11.5 Å². The van der Waals surface area contributed by atoms with Gasteiger partial charge in [-0.15, -0.1) is 11.8 Å². The van der Waals surface area contributed by atoms with Gasteiger partial charge in [0.25, 0.3) is 0 Å². The third kappa shape index (κ3) is 2.23. The van der Waals surface area contributed by atoms with Crippen LogP contribution in [0.15, 0.2) is 17.0 Å². The maximum atomic E-state index is 5.98. The highest BCUT2D eigenvalue weighted by molar-refractivity contribution is 7.98. The lowest BCUT2D eigenvalue weighted by Crippen LogP contribution is -1.90. The topological polar surface area (TPSA) is 18.5 Å². The molecule has 0 heterocycles. The Labute approximate surface area is 87.2 Å². The quantitative estimate of drug-likeness (QED) is 0.727. The molecule has 1 rings (SSSR count). The molecule has 0 N–H and O–H groups in total. The van der Waals surface area contributed by atoms with Crippen LogP contribution in [0.4, 0.5) is 0 Å². The molecule has 0 fully saturated rings. The van der Waals surface area contributed by atoms with Gasteiger partial charge >= 0.3 is 0 Å². The summed E-state index contributed by atoms with van der Waals surface area (Å²) >= 11 is 7.56. The van der Waals surface area contributed by atoms with Crippen molar-refractivity contribution in [3.63, 3.8) is 0 Å². The maximum absolute atomic E-state index is 5.98. The fourth-order valence-corrected chi connectivity index (χ4v) is 1.86. The molecule has 0 saturated heterocycles. The van der Waals surface area contributed by atoms with Gasteiger partial charge in [-0.25, -0.2) is 0 Å². The van der Waals surface area contributed by atoms with E-state index in [2.05, 4.69) is 0 Å². The van der Waals surface area contributed by atoms with Crippen molar-refractivity contribution in [1.82, 2.24) is 0 Å². The van der Waals surface area contributed by atoms with Crippen molar-refractivity contribution in [2.75, 3.05) is 20.5 Å². The normalized spacial score (nSPS) is 9.85. The second-order valence-electron chi connectivity index (χ2n) is 2.34. The first kappa shape index (κ1) is 10.5. The van der Waals surface area contributed by atoms with Gasteiger partial charge in [0.1, 0.15) is 0 Å². The summed E-state index contributed by atoms with van der Waals surface area (Å²) in [6, 6.07) is 3.62. The molecular formula is C9H11ClO2S. The minimum absolute atomic E-state index is 0.658. The Morgan fingerprint density at radius 3 is 2.15 bits per heavy atom. The molecule has 0 unspecified atom stereocenters. The molecule has 4 heteroatoms. The first-order valence-corrected chi connectivity index (χ1v) is 5.28. The van der Waals surface area contributed by atoms with Crippen LogP contribution in [0.1, 0.15) is 0 Å². The first-order valence-electron chi connectivity index (χ1n) is 3.68. The molecule has 13 heavy (non-hydrogen) atoms. The molecule has 2 nitrogen and oxygen atoms in total. The van der Waals surface area contributed by atoms with E-state index in [9.17, 15) is 0 Å². The number of hydrogen-bond donors (Lipinski definition) is 0. The van der Waals surface area contributed by atoms with Crippen LogP contribution in [0.2, 0.25) is 5.02 Å². The monoisotopic (exact) mass is 218 g/mol. The molecule has 0 aliphatic heterocycles. The summed E-state index contributed by atoms with van der Waals surface area (Å²) in [5, 5.41) is 0.685. The van der Waals surface area contributed by atoms with Crippen molar-refractivity contribution in [2.45, 2.75) is 4.90 Å². The van der Waals surface area contributed by atoms with Gasteiger partial charge in [0.05, 0.1) is 19.2 Å². The summed E-state index contributed by atoms with van der Waals surface area (Å²) < 4.78 is 10.2. The van der Waals surface area contributed by atoms with Crippen LogP contribution in [-0.2, 0) is 0 Å². The van der Waals surface area contributed by atoms with Crippen LogP contribution in [-0.4, -0.2) is 20.5 Å². The number of methoxy groups -OCH3 is 2. The highest BCUT2D eigenvalue weighted by Gasteiger charge is 2.08. The Morgan fingerprint density at radius 1 is 1.15 bits per heavy atom. The van der Waals surface area contributed by atoms with Gasteiger partial charge in [-0.05, 0) is 12.3 Å². The van der Waals surface area contributed by atoms with E-state index >= 15 is 0 Å². The molecule has 1 aromatic rings. The van der Waals surface area contributed by atoms with Crippen LogP contribution in [0.25, 0.3) is 0 Å². The molecule has 0 amide bonds. The molecule has 0 bridgehead atoms. The summed E-state index contributed by atoms with van der Waals surface area (Å²) in [5.41, 5.74) is 0. The predicted molar refractivity (Wildman–Crippen MR) is 56.3 cm³/mol. The highest BCUT2D eigenvalue weighted by Crippen LogP contribution is 2.36. The van der Waals surface area contributed by atoms with Gasteiger partial charge in [-0.1, -0.05) is 11.6 Å². The summed E-state index contributed by atoms with van der Waals surface area (Å²) in [6.45, 7) is 0. The lowest BCUT2D eigenvalue weighted by atomic mass is 10.3. The summed E-state index contributed by atoms with van der Waals surface area (Å²) in [6.07, 6.45) is 1.97. The fraction of sp³-hybridized carbons (Fsp3) is 0.333. The van der Waals surface area contributed by atoms with E-state index in [1.54, 1.807) is 32.0 Å². The Balaban J connectivity index is 3.18. The molecule has 0 radical (unpaired) electrons. The predicted octanol–water partition coefficient (Wildman–Crippen LogP) is 3.08. The minimum Gasteiger partial charge on any atom is -0.493 e. The van der Waals surface area contributed by atoms with Gasteiger partial charge in [0, 0.05) is 11.0 Å². The van der Waals surface area contributed by atoms with Crippen LogP contribution < -0.4 is 9.47 Å². The molecule has 0 saturated carbocycles. The summed E-state index contributed by atoms with van der Waals surface area (Å²) in [5.74, 6) is 1.36. The molecule has 72 valence electrons. The van der Waals surface area contributed by atoms with Gasteiger partial charge in [-0.3, -0.25) is 0 Å². The summed E-state index contributed by atoms with van der Waals surface area (Å²) in [7, 11) is 3.20. The maximum Gasteiger partial charge on any atom is 0.162 e. The Hall–Kier alpha value is -0.540. The first-order chi connectivity index (χ1) is 6.22. The lowest BCUT2D eigenvalue weighted by Gasteiger charge is -2.09. The third-order valence-corrected chi connectivity index (χ3v) is 2.86. The number of halogens is 1. The van der Waals surface area contributed by atoms with Crippen LogP contribution >= 0.6 is 23.4 Å². The number of hydrogen-bond acceptors (Lipinski definition) is 3. The Morgan fingerprint density at radius 2 is 1.69 bits per heavy atom. The van der Waals surface area contributed by atoms with Crippen molar-refractivity contribution in [2.24, 2.45) is 0 Å². The zero-order chi connectivity index (χ0) is 9.84. The van der Waals surface area contributed by atoms with Crippen molar-refractivity contribution < 1.29 is 9.47 Å². The van der Waals surface area contributed by atoms with Crippen molar-refractivity contribution >= 4 is 23.4 Å². The van der Waals surface area contributed by atoms with Crippen LogP contribution in [0, 0.1) is 0 Å². The van der Waals surface area contributed by atoms with E-state index in [1.165, 1.54) is 0 Å². The van der Waals surface area contributed by atoms with Crippen LogP contribution in [0.5, 0.6) is 11.5 Å². The fourth-order valence-electron chi connectivity index (χ4n) is 0.992. The third-order valence-electron chi connectivity index (χ3n) is 1.66. The lowest BCUT2D eigenvalue weighted by molar-refractivity contribution is 0.354. The van der Waals surface area contributed by atoms with Gasteiger partial charge in [0.2, 0.25) is 0 Å². The highest BCUT2D eigenvalue weighted by atomic mass is 35.5. The Bertz CT molecular complexity index is 302. The average Bonchev–Trinajstić information content (AvgIpc) is 2.17. The number of thioether (sulfide) groups is 1. The van der Waals surface area contributed by atoms with E-state index in [4.69, 9.17) is 21.1 Å². The molecule has 0 aromatic heterocycles. The van der Waals surface area contributed by atoms with E-state index < -0.39 is 0 Å². The molecule has 0 aliphatic rings. The van der Waals surface area contributed by atoms with Gasteiger partial charge in [0.15, 0.2) is 11.5 Å². The minimum atomic E-state index is 0.658. The summed E-state index contributed by atoms with van der Waals surface area (Å²) in [4.78, 5) is 0.985. The molecular weight excluding hydrogens is 208 g/mol. The van der Waals surface area contributed by atoms with Gasteiger partial charge < -0.3 is 9.47 Å². The van der Waals surface area contributed by atoms with E-state index in [0.29, 0.717) is 16.5 Å². The second-order valence-corrected chi connectivity index (χ2v) is 3.60. The largest absolute Gasteiger partial charge is 0.493 e. The number of benzene rings is 1. The van der Waals surface area contributed by atoms with Crippen molar-refractivity contribution in [3.05, 3.63) is 17.2 Å². The number of rotatable bonds is 3. The van der Waals surface area contributed by atoms with Crippen LogP contribution in [0.3, 0.4) is 0 Å². The molecule has 0 spiro atoms. The van der Waals surface area contributed by atoms with Crippen molar-refractivity contribution in [1.29, 1.82) is 0 Å². The van der Waals surface area contributed by atoms with E-state index in [1.807, 2.05) is 12.3 Å². The standard InChI is InChI=1S/C9H11ClO2S/c1-11-7-4-6(10)9(13-3)5-8(7)12-2/h4-5H,1-3H3. The Kier molecular flexibility index (Phi) is 3.75. The SMILES string of the molecule is COc1cc(Cl)c(SC)cc1OC.